The van der Waals surface area contributed by atoms with Gasteiger partial charge < -0.3 is 0 Å². The number of sulfone groups is 1. The summed E-state index contributed by atoms with van der Waals surface area (Å²) in [6.45, 7) is 0. The first kappa shape index (κ1) is 17.8. The van der Waals surface area contributed by atoms with Gasteiger partial charge in [-0.2, -0.15) is 0 Å². The van der Waals surface area contributed by atoms with Crippen molar-refractivity contribution in [3.63, 3.8) is 0 Å². The van der Waals surface area contributed by atoms with Crippen LogP contribution in [-0.2, 0) is 14.6 Å². The molecule has 0 atom stereocenters. The molecule has 0 unspecified atom stereocenters. The van der Waals surface area contributed by atoms with E-state index in [4.69, 9.17) is 0 Å². The second-order valence-electron chi connectivity index (χ2n) is 5.76. The summed E-state index contributed by atoms with van der Waals surface area (Å²) in [7, 11) is -3.28. The monoisotopic (exact) mass is 415 g/mol. The third-order valence-electron chi connectivity index (χ3n) is 3.71. The van der Waals surface area contributed by atoms with Crippen molar-refractivity contribution in [3.8, 4) is 0 Å². The molecule has 2 aromatic heterocycles. The Morgan fingerprint density at radius 2 is 1.81 bits per heavy atom. The number of para-hydroxylation sites is 1. The van der Waals surface area contributed by atoms with E-state index < -0.39 is 9.84 Å². The summed E-state index contributed by atoms with van der Waals surface area (Å²) < 4.78 is 25.1. The van der Waals surface area contributed by atoms with E-state index in [-0.39, 0.29) is 10.8 Å². The topological polar surface area (TPSA) is 89.0 Å². The minimum absolute atomic E-state index is 0.229. The van der Waals surface area contributed by atoms with Gasteiger partial charge in [0, 0.05) is 12.3 Å². The third kappa shape index (κ3) is 3.90. The Balaban J connectivity index is 1.52. The number of thiazole rings is 2. The fourth-order valence-corrected chi connectivity index (χ4v) is 4.94. The summed E-state index contributed by atoms with van der Waals surface area (Å²) in [6, 6.07) is 12.5. The molecule has 4 rings (SSSR count). The summed E-state index contributed by atoms with van der Waals surface area (Å²) in [5, 5.41) is 3.86. The van der Waals surface area contributed by atoms with Crippen LogP contribution >= 0.6 is 22.7 Å². The Bertz CT molecular complexity index is 1270. The lowest BCUT2D eigenvalue weighted by atomic mass is 10.3. The highest BCUT2D eigenvalue weighted by Gasteiger charge is 2.11. The van der Waals surface area contributed by atoms with E-state index in [2.05, 4.69) is 15.3 Å². The van der Waals surface area contributed by atoms with Crippen LogP contribution in [-0.4, -0.2) is 30.5 Å². The first-order chi connectivity index (χ1) is 12.9. The molecule has 1 amide bonds. The predicted molar refractivity (Wildman–Crippen MR) is 110 cm³/mol. The standard InChI is InChI=1S/C18H13N3O3S3/c1-27(23,24)11-6-7-13-15(10-11)26-18(20-13)21-16(22)8-9-17-19-12-4-2-3-5-14(12)25-17/h2-10H,1H3,(H,20,21,22)/b9-8+. The number of amides is 1. The summed E-state index contributed by atoms with van der Waals surface area (Å²) >= 11 is 2.73. The Morgan fingerprint density at radius 1 is 1.04 bits per heavy atom. The van der Waals surface area contributed by atoms with Crippen LogP contribution in [0.3, 0.4) is 0 Å². The molecule has 2 heterocycles. The molecule has 1 N–H and O–H groups in total. The molecule has 0 aliphatic heterocycles. The molecule has 0 saturated heterocycles. The molecule has 6 nitrogen and oxygen atoms in total. The molecule has 27 heavy (non-hydrogen) atoms. The second-order valence-corrected chi connectivity index (χ2v) is 9.87. The molecule has 0 aliphatic rings. The third-order valence-corrected chi connectivity index (χ3v) is 6.75. The molecule has 0 aliphatic carbocycles. The van der Waals surface area contributed by atoms with E-state index in [1.54, 1.807) is 18.2 Å². The van der Waals surface area contributed by atoms with E-state index >= 15 is 0 Å². The minimum Gasteiger partial charge on any atom is -0.298 e. The van der Waals surface area contributed by atoms with Gasteiger partial charge in [0.2, 0.25) is 5.91 Å². The van der Waals surface area contributed by atoms with Crippen LogP contribution in [0.1, 0.15) is 5.01 Å². The minimum atomic E-state index is -3.28. The maximum Gasteiger partial charge on any atom is 0.250 e. The van der Waals surface area contributed by atoms with Crippen molar-refractivity contribution < 1.29 is 13.2 Å². The lowest BCUT2D eigenvalue weighted by Crippen LogP contribution is -2.07. The SMILES string of the molecule is CS(=O)(=O)c1ccc2nc(NC(=O)/C=C/c3nc4ccccc4s3)sc2c1. The Labute approximate surface area is 163 Å². The summed E-state index contributed by atoms with van der Waals surface area (Å²) in [6.07, 6.45) is 4.23. The average molecular weight is 416 g/mol. The van der Waals surface area contributed by atoms with Gasteiger partial charge in [-0.3, -0.25) is 10.1 Å². The molecular weight excluding hydrogens is 402 g/mol. The zero-order chi connectivity index (χ0) is 19.0. The predicted octanol–water partition coefficient (Wildman–Crippen LogP) is 3.96. The largest absolute Gasteiger partial charge is 0.298 e. The van der Waals surface area contributed by atoms with Crippen LogP contribution in [0.2, 0.25) is 0 Å². The van der Waals surface area contributed by atoms with Crippen LogP contribution in [0.5, 0.6) is 0 Å². The van der Waals surface area contributed by atoms with E-state index in [0.29, 0.717) is 15.3 Å². The fourth-order valence-electron chi connectivity index (χ4n) is 2.44. The Kier molecular flexibility index (Phi) is 4.50. The van der Waals surface area contributed by atoms with E-state index in [0.717, 1.165) is 21.5 Å². The molecule has 0 fully saturated rings. The molecule has 4 aromatic rings. The normalized spacial score (nSPS) is 12.2. The van der Waals surface area contributed by atoms with Gasteiger partial charge in [0.1, 0.15) is 5.01 Å². The number of aromatic nitrogens is 2. The molecule has 0 spiro atoms. The van der Waals surface area contributed by atoms with Crippen LogP contribution in [0.15, 0.2) is 53.4 Å². The van der Waals surface area contributed by atoms with Gasteiger partial charge in [-0.15, -0.1) is 11.3 Å². The van der Waals surface area contributed by atoms with Gasteiger partial charge in [-0.25, -0.2) is 18.4 Å². The molecular formula is C18H13N3O3S3. The maximum absolute atomic E-state index is 12.2. The first-order valence-electron chi connectivity index (χ1n) is 7.84. The van der Waals surface area contributed by atoms with E-state index in [9.17, 15) is 13.2 Å². The van der Waals surface area contributed by atoms with Crippen molar-refractivity contribution in [2.24, 2.45) is 0 Å². The molecule has 136 valence electrons. The van der Waals surface area contributed by atoms with Crippen molar-refractivity contribution in [1.82, 2.24) is 9.97 Å². The number of fused-ring (bicyclic) bond motifs is 2. The Morgan fingerprint density at radius 3 is 2.59 bits per heavy atom. The molecule has 0 radical (unpaired) electrons. The second kappa shape index (κ2) is 6.84. The quantitative estimate of drug-likeness (QED) is 0.510. The van der Waals surface area contributed by atoms with Gasteiger partial charge in [0.15, 0.2) is 15.0 Å². The summed E-state index contributed by atoms with van der Waals surface area (Å²) in [5.41, 5.74) is 1.54. The van der Waals surface area contributed by atoms with Crippen LogP contribution in [0.25, 0.3) is 26.5 Å². The molecule has 0 bridgehead atoms. The number of carbonyl (C=O) groups excluding carboxylic acids is 1. The number of anilines is 1. The van der Waals surface area contributed by atoms with Gasteiger partial charge >= 0.3 is 0 Å². The smallest absolute Gasteiger partial charge is 0.250 e. The number of rotatable bonds is 4. The van der Waals surface area contributed by atoms with Gasteiger partial charge in [0.05, 0.1) is 25.3 Å². The van der Waals surface area contributed by atoms with Gasteiger partial charge in [-0.1, -0.05) is 23.5 Å². The maximum atomic E-state index is 12.2. The highest BCUT2D eigenvalue weighted by atomic mass is 32.2. The number of benzene rings is 2. The first-order valence-corrected chi connectivity index (χ1v) is 11.4. The average Bonchev–Trinajstić information content (AvgIpc) is 3.21. The van der Waals surface area contributed by atoms with E-state index in [1.807, 2.05) is 24.3 Å². The molecule has 9 heteroatoms. The Hall–Kier alpha value is -2.62. The van der Waals surface area contributed by atoms with Crippen molar-refractivity contribution in [1.29, 1.82) is 0 Å². The van der Waals surface area contributed by atoms with Crippen LogP contribution in [0, 0.1) is 0 Å². The fraction of sp³-hybridized carbons (Fsp3) is 0.0556. The molecule has 2 aromatic carbocycles. The zero-order valence-electron chi connectivity index (χ0n) is 14.0. The van der Waals surface area contributed by atoms with Gasteiger partial charge in [0.25, 0.3) is 0 Å². The number of carbonyl (C=O) groups is 1. The van der Waals surface area contributed by atoms with Crippen LogP contribution < -0.4 is 5.32 Å². The van der Waals surface area contributed by atoms with Crippen molar-refractivity contribution in [2.75, 3.05) is 11.6 Å². The van der Waals surface area contributed by atoms with Crippen LogP contribution in [0.4, 0.5) is 5.13 Å². The lowest BCUT2D eigenvalue weighted by molar-refractivity contribution is -0.111. The summed E-state index contributed by atoms with van der Waals surface area (Å²) in [5.74, 6) is -0.323. The van der Waals surface area contributed by atoms with Gasteiger partial charge in [-0.05, 0) is 36.4 Å². The van der Waals surface area contributed by atoms with E-state index in [1.165, 1.54) is 34.8 Å². The number of nitrogens with zero attached hydrogens (tertiary/aromatic N) is 2. The molecule has 0 saturated carbocycles. The number of hydrogen-bond donors (Lipinski definition) is 1. The summed E-state index contributed by atoms with van der Waals surface area (Å²) in [4.78, 5) is 21.1. The zero-order valence-corrected chi connectivity index (χ0v) is 16.5. The van der Waals surface area contributed by atoms with Crippen molar-refractivity contribution in [3.05, 3.63) is 53.5 Å². The van der Waals surface area contributed by atoms with Crippen molar-refractivity contribution >= 4 is 70.1 Å². The number of hydrogen-bond acceptors (Lipinski definition) is 7. The lowest BCUT2D eigenvalue weighted by Gasteiger charge is -1.96. The van der Waals surface area contributed by atoms with Crippen molar-refractivity contribution in [2.45, 2.75) is 4.90 Å². The highest BCUT2D eigenvalue weighted by molar-refractivity contribution is 7.90. The highest BCUT2D eigenvalue weighted by Crippen LogP contribution is 2.28. The number of nitrogens with one attached hydrogen (secondary N) is 1.